The van der Waals surface area contributed by atoms with Gasteiger partial charge < -0.3 is 14.5 Å². The third-order valence-electron chi connectivity index (χ3n) is 7.13. The van der Waals surface area contributed by atoms with Crippen molar-refractivity contribution in [3.8, 4) is 11.3 Å². The summed E-state index contributed by atoms with van der Waals surface area (Å²) in [5, 5.41) is 9.08. The van der Waals surface area contributed by atoms with Crippen molar-refractivity contribution >= 4 is 22.7 Å². The Kier molecular flexibility index (Phi) is 6.46. The smallest absolute Gasteiger partial charge is 0.228 e. The lowest BCUT2D eigenvalue weighted by Crippen LogP contribution is -2.43. The van der Waals surface area contributed by atoms with Gasteiger partial charge in [-0.2, -0.15) is 10.1 Å². The van der Waals surface area contributed by atoms with Crippen molar-refractivity contribution in [2.75, 3.05) is 25.1 Å². The molecule has 0 spiro atoms. The Balaban J connectivity index is 1.46. The summed E-state index contributed by atoms with van der Waals surface area (Å²) in [6.45, 7) is 6.69. The van der Waals surface area contributed by atoms with Crippen molar-refractivity contribution in [3.63, 3.8) is 0 Å². The number of rotatable bonds is 6. The minimum absolute atomic E-state index is 0.108. The number of aryl methyl sites for hydroxylation is 1. The van der Waals surface area contributed by atoms with Crippen molar-refractivity contribution in [1.82, 2.24) is 24.7 Å². The van der Waals surface area contributed by atoms with Crippen LogP contribution < -0.4 is 4.90 Å². The second kappa shape index (κ2) is 9.96. The van der Waals surface area contributed by atoms with Gasteiger partial charge in [-0.25, -0.2) is 18.7 Å². The van der Waals surface area contributed by atoms with E-state index in [-0.39, 0.29) is 17.8 Å². The van der Waals surface area contributed by atoms with Crippen LogP contribution in [0.25, 0.3) is 22.3 Å². The number of fused-ring (bicyclic) bond motifs is 1. The van der Waals surface area contributed by atoms with Gasteiger partial charge in [0.2, 0.25) is 5.95 Å². The second-order valence-electron chi connectivity index (χ2n) is 10.2. The highest BCUT2D eigenvalue weighted by atomic mass is 19.1. The molecule has 39 heavy (non-hydrogen) atoms. The molecule has 1 aromatic carbocycles. The highest BCUT2D eigenvalue weighted by molar-refractivity contribution is 6.03. The zero-order valence-electron chi connectivity index (χ0n) is 22.2. The van der Waals surface area contributed by atoms with Crippen LogP contribution in [0.15, 0.2) is 41.8 Å². The molecule has 3 aromatic heterocycles. The lowest BCUT2D eigenvalue weighted by molar-refractivity contribution is -0.0178. The van der Waals surface area contributed by atoms with Crippen LogP contribution in [0.2, 0.25) is 0 Å². The lowest BCUT2D eigenvalue weighted by Gasteiger charge is -2.36. The zero-order chi connectivity index (χ0) is 27.3. The maximum atomic E-state index is 15.1. The first-order chi connectivity index (χ1) is 18.8. The topological polar surface area (TPSA) is 90.6 Å². The number of morpholine rings is 1. The summed E-state index contributed by atoms with van der Waals surface area (Å²) in [7, 11) is 1.47. The summed E-state index contributed by atoms with van der Waals surface area (Å²) >= 11 is 0. The number of benzene rings is 1. The number of pyridine rings is 1. The minimum atomic E-state index is -0.717. The Hall–Kier alpha value is -3.99. The molecule has 2 aliphatic rings. The first-order valence-electron chi connectivity index (χ1n) is 13.0. The van der Waals surface area contributed by atoms with Crippen molar-refractivity contribution < 1.29 is 18.4 Å². The van der Waals surface area contributed by atoms with Crippen LogP contribution in [0.5, 0.6) is 0 Å². The van der Waals surface area contributed by atoms with Gasteiger partial charge in [-0.3, -0.25) is 4.68 Å². The Morgan fingerprint density at radius 2 is 1.95 bits per heavy atom. The van der Waals surface area contributed by atoms with Crippen molar-refractivity contribution in [1.29, 1.82) is 0 Å². The molecule has 1 aliphatic carbocycles. The van der Waals surface area contributed by atoms with Crippen molar-refractivity contribution in [2.45, 2.75) is 51.9 Å². The monoisotopic (exact) mass is 533 g/mol. The third-order valence-corrected chi connectivity index (χ3v) is 7.13. The predicted octanol–water partition coefficient (Wildman–Crippen LogP) is 5.15. The van der Waals surface area contributed by atoms with E-state index >= 15 is 4.39 Å². The number of oxime groups is 1. The van der Waals surface area contributed by atoms with Gasteiger partial charge in [0.05, 0.1) is 36.3 Å². The van der Waals surface area contributed by atoms with E-state index in [9.17, 15) is 4.39 Å². The van der Waals surface area contributed by atoms with Crippen molar-refractivity contribution in [3.05, 3.63) is 65.1 Å². The number of hydrogen-bond donors (Lipinski definition) is 0. The molecule has 2 unspecified atom stereocenters. The van der Waals surface area contributed by atoms with E-state index in [2.05, 4.69) is 16.5 Å². The van der Waals surface area contributed by atoms with E-state index in [1.807, 2.05) is 35.7 Å². The first-order valence-corrected chi connectivity index (χ1v) is 13.0. The van der Waals surface area contributed by atoms with Crippen molar-refractivity contribution in [2.24, 2.45) is 5.16 Å². The van der Waals surface area contributed by atoms with Gasteiger partial charge >= 0.3 is 0 Å². The normalized spacial score (nSPS) is 20.1. The molecule has 1 saturated carbocycles. The van der Waals surface area contributed by atoms with E-state index < -0.39 is 11.6 Å². The fourth-order valence-electron chi connectivity index (χ4n) is 5.07. The molecule has 0 bridgehead atoms. The number of nitrogens with zero attached hydrogens (tertiary/aromatic N) is 7. The standard InChI is InChI=1S/C28H29F2N7O2/c1-15-12-36(14-25(39-15)18-11-31-37(13-18)20-6-7-20)28-33-26(21-8-5-19(29)9-24(21)30)23-10-22(17(3)35-38-4)16(2)32-27(23)34-28/h5,8-11,13,15,20,25H,6-7,12,14H2,1-4H3/b35-17+. The van der Waals surface area contributed by atoms with Gasteiger partial charge in [0.15, 0.2) is 5.65 Å². The second-order valence-corrected chi connectivity index (χ2v) is 10.2. The Bertz CT molecular complexity index is 1580. The van der Waals surface area contributed by atoms with Crippen LogP contribution >= 0.6 is 0 Å². The number of halogens is 2. The Morgan fingerprint density at radius 1 is 1.13 bits per heavy atom. The van der Waals surface area contributed by atoms with Crippen LogP contribution in [0.3, 0.4) is 0 Å². The van der Waals surface area contributed by atoms with Gasteiger partial charge in [0.1, 0.15) is 24.8 Å². The van der Waals surface area contributed by atoms with Crippen LogP contribution in [-0.4, -0.2) is 56.7 Å². The van der Waals surface area contributed by atoms with Crippen LogP contribution in [-0.2, 0) is 9.57 Å². The molecule has 11 heteroatoms. The first kappa shape index (κ1) is 25.3. The summed E-state index contributed by atoms with van der Waals surface area (Å²) in [5.41, 5.74) is 3.90. The predicted molar refractivity (Wildman–Crippen MR) is 143 cm³/mol. The minimum Gasteiger partial charge on any atom is -0.399 e. The number of anilines is 1. The van der Waals surface area contributed by atoms with Crippen LogP contribution in [0, 0.1) is 18.6 Å². The Labute approximate surface area is 224 Å². The van der Waals surface area contributed by atoms with E-state index in [0.717, 1.165) is 30.0 Å². The lowest BCUT2D eigenvalue weighted by atomic mass is 10.0. The van der Waals surface area contributed by atoms with Gasteiger partial charge in [-0.15, -0.1) is 0 Å². The molecular weight excluding hydrogens is 504 g/mol. The maximum Gasteiger partial charge on any atom is 0.228 e. The molecular formula is C28H29F2N7O2. The van der Waals surface area contributed by atoms with Gasteiger partial charge in [0, 0.05) is 46.6 Å². The van der Waals surface area contributed by atoms with E-state index in [1.165, 1.54) is 19.2 Å². The molecule has 4 aromatic rings. The number of ether oxygens (including phenoxy) is 1. The quantitative estimate of drug-likeness (QED) is 0.250. The molecule has 202 valence electrons. The summed E-state index contributed by atoms with van der Waals surface area (Å²) in [6.07, 6.45) is 5.87. The molecule has 1 saturated heterocycles. The largest absolute Gasteiger partial charge is 0.399 e. The summed E-state index contributed by atoms with van der Waals surface area (Å²) < 4.78 is 37.2. The average Bonchev–Trinajstić information content (AvgIpc) is 3.63. The third kappa shape index (κ3) is 4.94. The molecule has 0 radical (unpaired) electrons. The zero-order valence-corrected chi connectivity index (χ0v) is 22.2. The molecule has 1 aliphatic heterocycles. The maximum absolute atomic E-state index is 15.1. The van der Waals surface area contributed by atoms with Crippen LogP contribution in [0.4, 0.5) is 14.7 Å². The fraction of sp³-hybridized carbons (Fsp3) is 0.393. The Morgan fingerprint density at radius 3 is 2.69 bits per heavy atom. The molecule has 0 amide bonds. The number of aromatic nitrogens is 5. The molecule has 2 atom stereocenters. The summed E-state index contributed by atoms with van der Waals surface area (Å²) in [4.78, 5) is 21.4. The fourth-order valence-corrected chi connectivity index (χ4v) is 5.07. The molecule has 9 nitrogen and oxygen atoms in total. The highest BCUT2D eigenvalue weighted by Gasteiger charge is 2.32. The molecule has 2 fully saturated rings. The molecule has 4 heterocycles. The summed E-state index contributed by atoms with van der Waals surface area (Å²) in [5.74, 6) is -0.979. The summed E-state index contributed by atoms with van der Waals surface area (Å²) in [6, 6.07) is 5.77. The van der Waals surface area contributed by atoms with Crippen LogP contribution in [0.1, 0.15) is 55.7 Å². The highest BCUT2D eigenvalue weighted by Crippen LogP contribution is 2.36. The van der Waals surface area contributed by atoms with E-state index in [4.69, 9.17) is 24.5 Å². The van der Waals surface area contributed by atoms with Gasteiger partial charge in [0.25, 0.3) is 0 Å². The van der Waals surface area contributed by atoms with Gasteiger partial charge in [-0.1, -0.05) is 5.16 Å². The SMILES string of the molecule is CO/N=C(\C)c1cc2c(-c3ccc(F)cc3F)nc(N3CC(C)OC(c4cnn(C5CC5)c4)C3)nc2nc1C. The van der Waals surface area contributed by atoms with E-state index in [1.54, 1.807) is 6.92 Å². The molecule has 6 rings (SSSR count). The van der Waals surface area contributed by atoms with Gasteiger partial charge in [-0.05, 0) is 51.8 Å². The number of hydrogen-bond acceptors (Lipinski definition) is 8. The average molecular weight is 534 g/mol. The molecule has 0 N–H and O–H groups in total. The van der Waals surface area contributed by atoms with E-state index in [0.29, 0.717) is 53.2 Å².